The molecule has 0 aliphatic carbocycles. The van der Waals surface area contributed by atoms with Crippen LogP contribution in [-0.2, 0) is 22.5 Å². The van der Waals surface area contributed by atoms with Crippen LogP contribution in [0.4, 0.5) is 0 Å². The van der Waals surface area contributed by atoms with Gasteiger partial charge in [0, 0.05) is 11.4 Å². The Morgan fingerprint density at radius 3 is 3.18 bits per heavy atom. The van der Waals surface area contributed by atoms with Crippen LogP contribution in [0.2, 0.25) is 0 Å². The van der Waals surface area contributed by atoms with Crippen molar-refractivity contribution < 1.29 is 9.53 Å². The molecule has 1 aromatic heterocycles. The van der Waals surface area contributed by atoms with Crippen LogP contribution in [0.1, 0.15) is 24.3 Å². The molecule has 5 heteroatoms. The fourth-order valence-corrected chi connectivity index (χ4v) is 4.04. The van der Waals surface area contributed by atoms with E-state index in [1.165, 1.54) is 10.4 Å². The summed E-state index contributed by atoms with van der Waals surface area (Å²) in [4.78, 5) is 13.2. The Bertz CT molecular complexity index is 419. The Morgan fingerprint density at radius 1 is 1.71 bits per heavy atom. The van der Waals surface area contributed by atoms with E-state index in [0.29, 0.717) is 6.61 Å². The lowest BCUT2D eigenvalue weighted by atomic mass is 9.98. The zero-order chi connectivity index (χ0) is 12.4. The van der Waals surface area contributed by atoms with Gasteiger partial charge < -0.3 is 10.1 Å². The maximum atomic E-state index is 11.8. The van der Waals surface area contributed by atoms with Gasteiger partial charge in [-0.2, -0.15) is 0 Å². The third kappa shape index (κ3) is 2.89. The molecule has 2 rings (SSSR count). The minimum Gasteiger partial charge on any atom is -0.465 e. The van der Waals surface area contributed by atoms with E-state index < -0.39 is 0 Å². The SMILES string of the molecule is CCOC(=O)C1NCc2cc(Br)sc2CC1C. The van der Waals surface area contributed by atoms with Crippen LogP contribution in [0.15, 0.2) is 9.85 Å². The number of rotatable bonds is 2. The van der Waals surface area contributed by atoms with Crippen molar-refractivity contribution in [2.24, 2.45) is 5.92 Å². The molecule has 1 N–H and O–H groups in total. The van der Waals surface area contributed by atoms with Gasteiger partial charge in [-0.25, -0.2) is 0 Å². The molecule has 1 aliphatic heterocycles. The van der Waals surface area contributed by atoms with E-state index in [-0.39, 0.29) is 17.9 Å². The van der Waals surface area contributed by atoms with Crippen molar-refractivity contribution in [1.29, 1.82) is 0 Å². The molecule has 0 spiro atoms. The van der Waals surface area contributed by atoms with Crippen molar-refractivity contribution in [3.8, 4) is 0 Å². The van der Waals surface area contributed by atoms with Crippen molar-refractivity contribution in [3.05, 3.63) is 20.3 Å². The lowest BCUT2D eigenvalue weighted by Crippen LogP contribution is -2.41. The van der Waals surface area contributed by atoms with E-state index in [2.05, 4.69) is 34.2 Å². The molecule has 0 amide bonds. The van der Waals surface area contributed by atoms with Gasteiger partial charge in [-0.15, -0.1) is 11.3 Å². The number of ether oxygens (including phenoxy) is 1. The zero-order valence-corrected chi connectivity index (χ0v) is 12.4. The number of nitrogens with one attached hydrogen (secondary N) is 1. The second-order valence-electron chi connectivity index (χ2n) is 4.29. The highest BCUT2D eigenvalue weighted by Crippen LogP contribution is 2.32. The summed E-state index contributed by atoms with van der Waals surface area (Å²) in [6, 6.07) is 1.95. The topological polar surface area (TPSA) is 38.3 Å². The standard InChI is InChI=1S/C12H16BrNO2S/c1-3-16-12(15)11-7(2)4-9-8(6-14-11)5-10(13)17-9/h5,7,11,14H,3-4,6H2,1-2H3. The van der Waals surface area contributed by atoms with Gasteiger partial charge in [-0.05, 0) is 46.8 Å². The van der Waals surface area contributed by atoms with Crippen molar-refractivity contribution in [1.82, 2.24) is 5.32 Å². The number of halogens is 1. The lowest BCUT2D eigenvalue weighted by molar-refractivity contribution is -0.147. The first-order valence-electron chi connectivity index (χ1n) is 5.79. The molecule has 1 aliphatic rings. The van der Waals surface area contributed by atoms with Gasteiger partial charge in [0.2, 0.25) is 0 Å². The summed E-state index contributed by atoms with van der Waals surface area (Å²) < 4.78 is 6.26. The monoisotopic (exact) mass is 317 g/mol. The molecule has 0 bridgehead atoms. The fraction of sp³-hybridized carbons (Fsp3) is 0.583. The summed E-state index contributed by atoms with van der Waals surface area (Å²) in [7, 11) is 0. The largest absolute Gasteiger partial charge is 0.465 e. The Labute approximate surface area is 114 Å². The quantitative estimate of drug-likeness (QED) is 0.852. The highest BCUT2D eigenvalue weighted by molar-refractivity contribution is 9.11. The van der Waals surface area contributed by atoms with Crippen molar-refractivity contribution in [3.63, 3.8) is 0 Å². The molecule has 2 atom stereocenters. The molecule has 0 aromatic carbocycles. The van der Waals surface area contributed by atoms with Crippen LogP contribution in [0.25, 0.3) is 0 Å². The second-order valence-corrected chi connectivity index (χ2v) is 6.81. The molecule has 2 heterocycles. The average Bonchev–Trinajstić information content (AvgIpc) is 2.52. The van der Waals surface area contributed by atoms with Gasteiger partial charge in [-0.3, -0.25) is 4.79 Å². The molecule has 2 unspecified atom stereocenters. The fourth-order valence-electron chi connectivity index (χ4n) is 2.13. The number of hydrogen-bond donors (Lipinski definition) is 1. The average molecular weight is 318 g/mol. The Balaban J connectivity index is 2.12. The predicted octanol–water partition coefficient (Wildman–Crippen LogP) is 2.72. The molecule has 0 saturated heterocycles. The summed E-state index contributed by atoms with van der Waals surface area (Å²) in [6.45, 7) is 5.12. The smallest absolute Gasteiger partial charge is 0.323 e. The first kappa shape index (κ1) is 13.1. The van der Waals surface area contributed by atoms with E-state index in [1.54, 1.807) is 11.3 Å². The van der Waals surface area contributed by atoms with Crippen molar-refractivity contribution in [2.45, 2.75) is 32.9 Å². The minimum absolute atomic E-state index is 0.130. The van der Waals surface area contributed by atoms with Crippen LogP contribution < -0.4 is 5.32 Å². The van der Waals surface area contributed by atoms with E-state index in [1.807, 2.05) is 6.92 Å². The Hall–Kier alpha value is -0.390. The summed E-state index contributed by atoms with van der Waals surface area (Å²) in [5.41, 5.74) is 1.29. The molecular weight excluding hydrogens is 302 g/mol. The van der Waals surface area contributed by atoms with E-state index in [9.17, 15) is 4.79 Å². The van der Waals surface area contributed by atoms with Crippen molar-refractivity contribution >= 4 is 33.2 Å². The van der Waals surface area contributed by atoms with Gasteiger partial charge >= 0.3 is 5.97 Å². The molecule has 0 saturated carbocycles. The minimum atomic E-state index is -0.187. The lowest BCUT2D eigenvalue weighted by Gasteiger charge is -2.20. The van der Waals surface area contributed by atoms with Crippen LogP contribution in [-0.4, -0.2) is 18.6 Å². The van der Waals surface area contributed by atoms with Gasteiger partial charge in [0.25, 0.3) is 0 Å². The summed E-state index contributed by atoms with van der Waals surface area (Å²) in [6.07, 6.45) is 0.933. The Kier molecular flexibility index (Phi) is 4.22. The van der Waals surface area contributed by atoms with E-state index in [0.717, 1.165) is 16.8 Å². The highest BCUT2D eigenvalue weighted by Gasteiger charge is 2.30. The molecule has 0 fully saturated rings. The summed E-state index contributed by atoms with van der Waals surface area (Å²) >= 11 is 5.26. The molecular formula is C12H16BrNO2S. The first-order valence-corrected chi connectivity index (χ1v) is 7.40. The number of thiophene rings is 1. The van der Waals surface area contributed by atoms with E-state index >= 15 is 0 Å². The third-order valence-electron chi connectivity index (χ3n) is 3.00. The molecule has 17 heavy (non-hydrogen) atoms. The van der Waals surface area contributed by atoms with Crippen LogP contribution in [0.5, 0.6) is 0 Å². The molecule has 3 nitrogen and oxygen atoms in total. The summed E-state index contributed by atoms with van der Waals surface area (Å²) in [5.74, 6) is 0.134. The number of fused-ring (bicyclic) bond motifs is 1. The van der Waals surface area contributed by atoms with Crippen LogP contribution >= 0.6 is 27.3 Å². The number of hydrogen-bond acceptors (Lipinski definition) is 4. The van der Waals surface area contributed by atoms with Gasteiger partial charge in [0.15, 0.2) is 0 Å². The predicted molar refractivity (Wildman–Crippen MR) is 72.1 cm³/mol. The second kappa shape index (κ2) is 5.50. The van der Waals surface area contributed by atoms with E-state index in [4.69, 9.17) is 4.74 Å². The molecule has 1 aromatic rings. The molecule has 0 radical (unpaired) electrons. The molecule has 94 valence electrons. The van der Waals surface area contributed by atoms with Gasteiger partial charge in [-0.1, -0.05) is 6.92 Å². The van der Waals surface area contributed by atoms with Crippen LogP contribution in [0.3, 0.4) is 0 Å². The first-order chi connectivity index (χ1) is 8.11. The van der Waals surface area contributed by atoms with Gasteiger partial charge in [0.1, 0.15) is 6.04 Å². The number of carbonyl (C=O) groups excluding carboxylic acids is 1. The van der Waals surface area contributed by atoms with Gasteiger partial charge in [0.05, 0.1) is 10.4 Å². The van der Waals surface area contributed by atoms with Crippen LogP contribution in [0, 0.1) is 5.92 Å². The number of esters is 1. The van der Waals surface area contributed by atoms with Crippen molar-refractivity contribution in [2.75, 3.05) is 6.61 Å². The zero-order valence-electron chi connectivity index (χ0n) is 9.96. The Morgan fingerprint density at radius 2 is 2.47 bits per heavy atom. The highest BCUT2D eigenvalue weighted by atomic mass is 79.9. The maximum Gasteiger partial charge on any atom is 0.323 e. The maximum absolute atomic E-state index is 11.8. The number of carbonyl (C=O) groups is 1. The normalized spacial score (nSPS) is 23.9. The summed E-state index contributed by atoms with van der Waals surface area (Å²) in [5, 5.41) is 3.30. The third-order valence-corrected chi connectivity index (χ3v) is 4.70.